The third kappa shape index (κ3) is 6.41. The lowest BCUT2D eigenvalue weighted by molar-refractivity contribution is -0.384. The van der Waals surface area contributed by atoms with E-state index in [0.717, 1.165) is 6.07 Å². The third-order valence-electron chi connectivity index (χ3n) is 3.48. The Bertz CT molecular complexity index is 749. The van der Waals surface area contributed by atoms with Crippen molar-refractivity contribution in [2.24, 2.45) is 0 Å². The van der Waals surface area contributed by atoms with Crippen molar-refractivity contribution in [1.29, 1.82) is 0 Å². The van der Waals surface area contributed by atoms with Crippen LogP contribution in [0.2, 0.25) is 5.02 Å². The molecule has 0 spiro atoms. The zero-order valence-corrected chi connectivity index (χ0v) is 16.8. The molecule has 0 saturated heterocycles. The van der Waals surface area contributed by atoms with E-state index in [-0.39, 0.29) is 28.5 Å². The number of carbonyl (C=O) groups excluding carboxylic acids is 1. The van der Waals surface area contributed by atoms with Crippen molar-refractivity contribution in [2.45, 2.75) is 45.8 Å². The molecule has 28 heavy (non-hydrogen) atoms. The van der Waals surface area contributed by atoms with Crippen LogP contribution in [0.1, 0.15) is 43.1 Å². The minimum Gasteiger partial charge on any atom is -0.489 e. The zero-order chi connectivity index (χ0) is 21.6. The predicted molar refractivity (Wildman–Crippen MR) is 103 cm³/mol. The van der Waals surface area contributed by atoms with Crippen molar-refractivity contribution < 1.29 is 29.1 Å². The monoisotopic (exact) mass is 414 g/mol. The number of nitrogens with one attached hydrogen (secondary N) is 1. The van der Waals surface area contributed by atoms with Crippen molar-refractivity contribution in [3.05, 3.63) is 45.0 Å². The fraction of sp³-hybridized carbons (Fsp3) is 0.444. The summed E-state index contributed by atoms with van der Waals surface area (Å²) in [5, 5.41) is 22.7. The Hall–Kier alpha value is -2.81. The molecule has 1 atom stereocenters. The van der Waals surface area contributed by atoms with Gasteiger partial charge in [-0.25, -0.2) is 9.59 Å². The van der Waals surface area contributed by atoms with Gasteiger partial charge in [-0.15, -0.1) is 6.58 Å². The molecule has 0 saturated carbocycles. The van der Waals surface area contributed by atoms with Gasteiger partial charge in [0.15, 0.2) is 5.02 Å². The van der Waals surface area contributed by atoms with Gasteiger partial charge < -0.3 is 19.9 Å². The second kappa shape index (κ2) is 9.41. The van der Waals surface area contributed by atoms with Crippen LogP contribution in [0.25, 0.3) is 0 Å². The molecular formula is C18H23ClN2O7. The number of ether oxygens (including phenoxy) is 2. The van der Waals surface area contributed by atoms with Crippen LogP contribution in [0.4, 0.5) is 10.5 Å². The standard InChI is InChI=1S/C18H23ClN2O7/c1-6-7-11(20-17(24)28-18(3,4)5)9-27-15-10(2)12(16(22)23)8-13(14(15)19)21(25)26/h6,8,11H,1,7,9H2,2-5H3,(H,20,24)(H,22,23). The quantitative estimate of drug-likeness (QED) is 0.372. The van der Waals surface area contributed by atoms with Crippen LogP contribution in [-0.2, 0) is 4.74 Å². The molecule has 10 heteroatoms. The van der Waals surface area contributed by atoms with Gasteiger partial charge >= 0.3 is 12.1 Å². The first-order valence-electron chi connectivity index (χ1n) is 8.31. The highest BCUT2D eigenvalue weighted by Gasteiger charge is 2.26. The number of rotatable bonds is 8. The number of hydrogen-bond acceptors (Lipinski definition) is 6. The van der Waals surface area contributed by atoms with Crippen molar-refractivity contribution in [1.82, 2.24) is 5.32 Å². The second-order valence-corrected chi connectivity index (χ2v) is 7.33. The minimum absolute atomic E-state index is 0.131. The summed E-state index contributed by atoms with van der Waals surface area (Å²) in [6, 6.07) is 0.308. The van der Waals surface area contributed by atoms with Crippen LogP contribution in [0.5, 0.6) is 5.75 Å². The third-order valence-corrected chi connectivity index (χ3v) is 3.84. The number of halogens is 1. The highest BCUT2D eigenvalue weighted by atomic mass is 35.5. The molecule has 0 aliphatic heterocycles. The highest BCUT2D eigenvalue weighted by Crippen LogP contribution is 2.39. The van der Waals surface area contributed by atoms with E-state index in [9.17, 15) is 24.8 Å². The average molecular weight is 415 g/mol. The van der Waals surface area contributed by atoms with Gasteiger partial charge in [0, 0.05) is 11.6 Å². The van der Waals surface area contributed by atoms with Crippen LogP contribution in [0, 0.1) is 17.0 Å². The maximum atomic E-state index is 12.0. The van der Waals surface area contributed by atoms with Gasteiger partial charge in [0.1, 0.15) is 18.0 Å². The summed E-state index contributed by atoms with van der Waals surface area (Å²) in [5.74, 6) is -1.48. The smallest absolute Gasteiger partial charge is 0.408 e. The molecule has 0 radical (unpaired) electrons. The number of nitro benzene ring substituents is 1. The van der Waals surface area contributed by atoms with Gasteiger partial charge in [-0.05, 0) is 34.1 Å². The molecule has 0 aromatic heterocycles. The normalized spacial score (nSPS) is 12.0. The number of carbonyl (C=O) groups is 2. The highest BCUT2D eigenvalue weighted by molar-refractivity contribution is 6.34. The Morgan fingerprint density at radius 1 is 1.46 bits per heavy atom. The Kier molecular flexibility index (Phi) is 7.80. The average Bonchev–Trinajstić information content (AvgIpc) is 2.52. The van der Waals surface area contributed by atoms with Gasteiger partial charge in [0.2, 0.25) is 0 Å². The fourth-order valence-corrected chi connectivity index (χ4v) is 2.59. The molecular weight excluding hydrogens is 392 g/mol. The molecule has 0 heterocycles. The molecule has 2 N–H and O–H groups in total. The molecule has 1 unspecified atom stereocenters. The van der Waals surface area contributed by atoms with Gasteiger partial charge in [0.25, 0.3) is 5.69 Å². The molecule has 1 aromatic rings. The van der Waals surface area contributed by atoms with E-state index in [1.54, 1.807) is 26.8 Å². The molecule has 0 bridgehead atoms. The number of carboxylic acid groups (broad SMARTS) is 1. The maximum Gasteiger partial charge on any atom is 0.408 e. The largest absolute Gasteiger partial charge is 0.489 e. The van der Waals surface area contributed by atoms with E-state index in [1.165, 1.54) is 6.92 Å². The van der Waals surface area contributed by atoms with E-state index < -0.39 is 34.3 Å². The molecule has 0 aliphatic rings. The summed E-state index contributed by atoms with van der Waals surface area (Å²) < 4.78 is 10.8. The Morgan fingerprint density at radius 2 is 2.07 bits per heavy atom. The zero-order valence-electron chi connectivity index (χ0n) is 16.1. The van der Waals surface area contributed by atoms with Crippen molar-refractivity contribution in [3.63, 3.8) is 0 Å². The number of benzene rings is 1. The maximum absolute atomic E-state index is 12.0. The number of hydrogen-bond donors (Lipinski definition) is 2. The molecule has 1 rings (SSSR count). The number of amides is 1. The van der Waals surface area contributed by atoms with Crippen LogP contribution >= 0.6 is 11.6 Å². The number of aromatic carboxylic acids is 1. The number of alkyl carbamates (subject to hydrolysis) is 1. The van der Waals surface area contributed by atoms with Crippen LogP contribution in [0.15, 0.2) is 18.7 Å². The van der Waals surface area contributed by atoms with Gasteiger partial charge in [0.05, 0.1) is 16.5 Å². The number of nitrogens with zero attached hydrogens (tertiary/aromatic N) is 1. The fourth-order valence-electron chi connectivity index (χ4n) is 2.27. The molecule has 1 aromatic carbocycles. The molecule has 0 aliphatic carbocycles. The van der Waals surface area contributed by atoms with E-state index in [4.69, 9.17) is 21.1 Å². The van der Waals surface area contributed by atoms with Crippen molar-refractivity contribution in [2.75, 3.05) is 6.61 Å². The molecule has 1 amide bonds. The predicted octanol–water partition coefficient (Wildman–Crippen LogP) is 4.10. The summed E-state index contributed by atoms with van der Waals surface area (Å²) in [6.07, 6.45) is 1.20. The molecule has 9 nitrogen and oxygen atoms in total. The molecule has 0 fully saturated rings. The van der Waals surface area contributed by atoms with Crippen LogP contribution < -0.4 is 10.1 Å². The van der Waals surface area contributed by atoms with Gasteiger partial charge in [-0.1, -0.05) is 17.7 Å². The van der Waals surface area contributed by atoms with E-state index in [1.807, 2.05) is 0 Å². The molecule has 154 valence electrons. The lowest BCUT2D eigenvalue weighted by Crippen LogP contribution is -2.42. The van der Waals surface area contributed by atoms with E-state index in [0.29, 0.717) is 6.42 Å². The Balaban J connectivity index is 3.10. The topological polar surface area (TPSA) is 128 Å². The summed E-state index contributed by atoms with van der Waals surface area (Å²) in [4.78, 5) is 33.7. The second-order valence-electron chi connectivity index (χ2n) is 6.95. The first-order valence-corrected chi connectivity index (χ1v) is 8.69. The van der Waals surface area contributed by atoms with E-state index in [2.05, 4.69) is 11.9 Å². The first-order chi connectivity index (χ1) is 12.9. The summed E-state index contributed by atoms with van der Waals surface area (Å²) in [6.45, 7) is 10.0. The van der Waals surface area contributed by atoms with Gasteiger partial charge in [-0.3, -0.25) is 10.1 Å². The number of nitro groups is 1. The van der Waals surface area contributed by atoms with Crippen molar-refractivity contribution in [3.8, 4) is 5.75 Å². The van der Waals surface area contributed by atoms with Gasteiger partial charge in [-0.2, -0.15) is 0 Å². The Morgan fingerprint density at radius 3 is 2.54 bits per heavy atom. The van der Waals surface area contributed by atoms with Crippen molar-refractivity contribution >= 4 is 29.4 Å². The Labute approximate surface area is 167 Å². The van der Waals surface area contributed by atoms with Crippen LogP contribution in [-0.4, -0.2) is 40.3 Å². The SMILES string of the molecule is C=CCC(COc1c(C)c(C(=O)O)cc([N+](=O)[O-])c1Cl)NC(=O)OC(C)(C)C. The first kappa shape index (κ1) is 23.2. The number of carboxylic acids is 1. The lowest BCUT2D eigenvalue weighted by atomic mass is 10.1. The summed E-state index contributed by atoms with van der Waals surface area (Å²) in [5.41, 5.74) is -1.44. The summed E-state index contributed by atoms with van der Waals surface area (Å²) in [7, 11) is 0. The summed E-state index contributed by atoms with van der Waals surface area (Å²) >= 11 is 6.05. The minimum atomic E-state index is -1.35. The van der Waals surface area contributed by atoms with Crippen LogP contribution in [0.3, 0.4) is 0 Å². The van der Waals surface area contributed by atoms with E-state index >= 15 is 0 Å². The lowest BCUT2D eigenvalue weighted by Gasteiger charge is -2.23.